The summed E-state index contributed by atoms with van der Waals surface area (Å²) in [6.07, 6.45) is 0.976. The molecule has 0 saturated heterocycles. The van der Waals surface area contributed by atoms with Gasteiger partial charge in [-0.25, -0.2) is 8.42 Å². The summed E-state index contributed by atoms with van der Waals surface area (Å²) >= 11 is 0. The van der Waals surface area contributed by atoms with Crippen LogP contribution in [0.5, 0.6) is 5.75 Å². The van der Waals surface area contributed by atoms with Gasteiger partial charge in [0.1, 0.15) is 18.3 Å². The fourth-order valence-electron chi connectivity index (χ4n) is 5.00. The van der Waals surface area contributed by atoms with Gasteiger partial charge in [-0.15, -0.1) is 0 Å². The van der Waals surface area contributed by atoms with E-state index >= 15 is 0 Å². The molecule has 0 aliphatic carbocycles. The SMILES string of the molecule is CC[C@H](C)NC(=O)[C@@H](Cc1ccccc1)N(Cc1ccc(C)cc1)C(=O)CN(c1ccc(OC)cc1)S(=O)(=O)c1ccc(C)cc1. The lowest BCUT2D eigenvalue weighted by Crippen LogP contribution is -2.54. The summed E-state index contributed by atoms with van der Waals surface area (Å²) < 4.78 is 34.8. The van der Waals surface area contributed by atoms with Crippen molar-refractivity contribution in [3.63, 3.8) is 0 Å². The topological polar surface area (TPSA) is 96.0 Å². The minimum atomic E-state index is -4.18. The molecule has 0 saturated carbocycles. The Labute approximate surface area is 273 Å². The molecule has 0 aliphatic rings. The minimum Gasteiger partial charge on any atom is -0.497 e. The van der Waals surface area contributed by atoms with E-state index in [-0.39, 0.29) is 29.8 Å². The number of carbonyl (C=O) groups is 2. The number of sulfonamides is 1. The molecule has 0 radical (unpaired) electrons. The lowest BCUT2D eigenvalue weighted by Gasteiger charge is -2.34. The van der Waals surface area contributed by atoms with E-state index in [1.807, 2.05) is 82.3 Å². The van der Waals surface area contributed by atoms with Crippen molar-refractivity contribution >= 4 is 27.5 Å². The van der Waals surface area contributed by atoms with Crippen LogP contribution in [-0.2, 0) is 32.6 Å². The maximum atomic E-state index is 14.6. The zero-order valence-electron chi connectivity index (χ0n) is 27.1. The molecule has 0 aromatic heterocycles. The molecule has 0 aliphatic heterocycles. The Bertz CT molecular complexity index is 1690. The first-order chi connectivity index (χ1) is 22.0. The van der Waals surface area contributed by atoms with Gasteiger partial charge in [0.05, 0.1) is 17.7 Å². The van der Waals surface area contributed by atoms with E-state index in [1.54, 1.807) is 36.4 Å². The molecule has 242 valence electrons. The highest BCUT2D eigenvalue weighted by Crippen LogP contribution is 2.27. The van der Waals surface area contributed by atoms with Crippen LogP contribution in [0.2, 0.25) is 0 Å². The van der Waals surface area contributed by atoms with Gasteiger partial charge in [-0.1, -0.05) is 84.8 Å². The van der Waals surface area contributed by atoms with Crippen LogP contribution in [0.3, 0.4) is 0 Å². The van der Waals surface area contributed by atoms with Gasteiger partial charge in [-0.3, -0.25) is 13.9 Å². The van der Waals surface area contributed by atoms with Crippen molar-refractivity contribution < 1.29 is 22.7 Å². The largest absolute Gasteiger partial charge is 0.497 e. The zero-order chi connectivity index (χ0) is 33.3. The van der Waals surface area contributed by atoms with Crippen molar-refractivity contribution in [3.05, 3.63) is 125 Å². The minimum absolute atomic E-state index is 0.0575. The van der Waals surface area contributed by atoms with Crippen LogP contribution in [0.1, 0.15) is 42.5 Å². The Morgan fingerprint density at radius 1 is 0.804 bits per heavy atom. The molecule has 1 N–H and O–H groups in total. The normalized spacial score (nSPS) is 12.5. The highest BCUT2D eigenvalue weighted by atomic mass is 32.2. The molecular weight excluding hydrogens is 598 g/mol. The highest BCUT2D eigenvalue weighted by molar-refractivity contribution is 7.92. The van der Waals surface area contributed by atoms with Crippen molar-refractivity contribution in [1.82, 2.24) is 10.2 Å². The summed E-state index contributed by atoms with van der Waals surface area (Å²) in [6.45, 7) is 7.36. The number of hydrogen-bond donors (Lipinski definition) is 1. The summed E-state index contributed by atoms with van der Waals surface area (Å²) in [5.74, 6) is -0.253. The van der Waals surface area contributed by atoms with E-state index in [2.05, 4.69) is 5.32 Å². The Hall–Kier alpha value is -4.63. The number of anilines is 1. The Morgan fingerprint density at radius 2 is 1.39 bits per heavy atom. The van der Waals surface area contributed by atoms with Crippen molar-refractivity contribution in [2.75, 3.05) is 18.0 Å². The first kappa shape index (κ1) is 34.2. The molecule has 0 fully saturated rings. The quantitative estimate of drug-likeness (QED) is 0.181. The van der Waals surface area contributed by atoms with Crippen LogP contribution in [0, 0.1) is 13.8 Å². The van der Waals surface area contributed by atoms with Gasteiger partial charge in [0.2, 0.25) is 11.8 Å². The number of aryl methyl sites for hydroxylation is 2. The van der Waals surface area contributed by atoms with Crippen molar-refractivity contribution in [1.29, 1.82) is 0 Å². The molecule has 0 bridgehead atoms. The van der Waals surface area contributed by atoms with Crippen LogP contribution >= 0.6 is 0 Å². The van der Waals surface area contributed by atoms with E-state index < -0.39 is 28.5 Å². The summed E-state index contributed by atoms with van der Waals surface area (Å²) in [5, 5.41) is 3.06. The maximum Gasteiger partial charge on any atom is 0.264 e. The number of carbonyl (C=O) groups excluding carboxylic acids is 2. The Balaban J connectivity index is 1.80. The second kappa shape index (κ2) is 15.6. The average molecular weight is 642 g/mol. The number of rotatable bonds is 14. The monoisotopic (exact) mass is 641 g/mol. The fourth-order valence-corrected chi connectivity index (χ4v) is 6.41. The third-order valence-electron chi connectivity index (χ3n) is 7.99. The lowest BCUT2D eigenvalue weighted by molar-refractivity contribution is -0.140. The summed E-state index contributed by atoms with van der Waals surface area (Å²) in [4.78, 5) is 30.1. The van der Waals surface area contributed by atoms with Gasteiger partial charge < -0.3 is 15.0 Å². The predicted octanol–water partition coefficient (Wildman–Crippen LogP) is 6.06. The molecule has 0 spiro atoms. The molecule has 0 heterocycles. The van der Waals surface area contributed by atoms with Gasteiger partial charge in [-0.05, 0) is 74.7 Å². The number of methoxy groups -OCH3 is 1. The van der Waals surface area contributed by atoms with Gasteiger partial charge >= 0.3 is 0 Å². The molecule has 9 heteroatoms. The van der Waals surface area contributed by atoms with Gasteiger partial charge in [0, 0.05) is 19.0 Å². The third-order valence-corrected chi connectivity index (χ3v) is 9.78. The number of hydrogen-bond acceptors (Lipinski definition) is 5. The van der Waals surface area contributed by atoms with Crippen LogP contribution in [0.15, 0.2) is 108 Å². The van der Waals surface area contributed by atoms with Crippen molar-refractivity contribution in [2.45, 2.75) is 64.1 Å². The number of ether oxygens (including phenoxy) is 1. The Morgan fingerprint density at radius 3 is 1.96 bits per heavy atom. The molecule has 4 aromatic carbocycles. The molecule has 46 heavy (non-hydrogen) atoms. The average Bonchev–Trinajstić information content (AvgIpc) is 3.06. The molecule has 8 nitrogen and oxygen atoms in total. The first-order valence-electron chi connectivity index (χ1n) is 15.4. The molecule has 4 aromatic rings. The molecule has 2 atom stereocenters. The van der Waals surface area contributed by atoms with Crippen LogP contribution in [0.4, 0.5) is 5.69 Å². The van der Waals surface area contributed by atoms with Crippen LogP contribution in [0.25, 0.3) is 0 Å². The number of nitrogens with zero attached hydrogens (tertiary/aromatic N) is 2. The van der Waals surface area contributed by atoms with Crippen LogP contribution in [-0.4, -0.2) is 50.9 Å². The molecule has 4 rings (SSSR count). The summed E-state index contributed by atoms with van der Waals surface area (Å²) in [6, 6.07) is 29.3. The van der Waals surface area contributed by atoms with E-state index in [0.717, 1.165) is 33.0 Å². The second-order valence-electron chi connectivity index (χ2n) is 11.6. The number of nitrogens with one attached hydrogen (secondary N) is 1. The van der Waals surface area contributed by atoms with Gasteiger partial charge in [0.15, 0.2) is 0 Å². The fraction of sp³-hybridized carbons (Fsp3) is 0.297. The Kier molecular flexibility index (Phi) is 11.6. The standard InChI is InChI=1S/C37H43N3O5S/c1-6-29(4)38-37(42)35(24-30-10-8-7-9-11-30)39(25-31-16-12-27(2)13-17-31)36(41)26-40(32-18-20-33(45-5)21-19-32)46(43,44)34-22-14-28(3)15-23-34/h7-23,29,35H,6,24-26H2,1-5H3,(H,38,42)/t29-,35+/m0/s1. The second-order valence-corrected chi connectivity index (χ2v) is 13.4. The lowest BCUT2D eigenvalue weighted by atomic mass is 10.0. The van der Waals surface area contributed by atoms with E-state index in [1.165, 1.54) is 24.1 Å². The van der Waals surface area contributed by atoms with Crippen molar-refractivity contribution in [3.8, 4) is 5.75 Å². The number of benzene rings is 4. The molecular formula is C37H43N3O5S. The van der Waals surface area contributed by atoms with E-state index in [0.29, 0.717) is 11.4 Å². The van der Waals surface area contributed by atoms with Crippen LogP contribution < -0.4 is 14.4 Å². The maximum absolute atomic E-state index is 14.6. The third kappa shape index (κ3) is 8.75. The first-order valence-corrected chi connectivity index (χ1v) is 16.9. The van der Waals surface area contributed by atoms with E-state index in [9.17, 15) is 18.0 Å². The van der Waals surface area contributed by atoms with Gasteiger partial charge in [-0.2, -0.15) is 0 Å². The highest BCUT2D eigenvalue weighted by Gasteiger charge is 2.35. The molecule has 2 amide bonds. The summed E-state index contributed by atoms with van der Waals surface area (Å²) in [7, 11) is -2.65. The zero-order valence-corrected chi connectivity index (χ0v) is 28.0. The van der Waals surface area contributed by atoms with Crippen molar-refractivity contribution in [2.24, 2.45) is 0 Å². The predicted molar refractivity (Wildman–Crippen MR) is 182 cm³/mol. The molecule has 0 unspecified atom stereocenters. The number of amides is 2. The smallest absolute Gasteiger partial charge is 0.264 e. The van der Waals surface area contributed by atoms with Gasteiger partial charge in [0.25, 0.3) is 10.0 Å². The van der Waals surface area contributed by atoms with E-state index in [4.69, 9.17) is 4.74 Å². The summed E-state index contributed by atoms with van der Waals surface area (Å²) in [5.41, 5.74) is 3.98.